The normalized spacial score (nSPS) is 16.7. The first-order chi connectivity index (χ1) is 19.9. The van der Waals surface area contributed by atoms with Crippen molar-refractivity contribution in [2.24, 2.45) is 0 Å². The lowest BCUT2D eigenvalue weighted by Gasteiger charge is -2.24. The van der Waals surface area contributed by atoms with E-state index in [1.54, 1.807) is 34.4 Å². The first kappa shape index (κ1) is 26.3. The summed E-state index contributed by atoms with van der Waals surface area (Å²) >= 11 is 5.15. The van der Waals surface area contributed by atoms with E-state index in [1.807, 2.05) is 6.07 Å². The van der Waals surface area contributed by atoms with Gasteiger partial charge >= 0.3 is 0 Å². The Morgan fingerprint density at radius 3 is 2.73 bits per heavy atom. The van der Waals surface area contributed by atoms with E-state index in [0.717, 1.165) is 28.6 Å². The van der Waals surface area contributed by atoms with E-state index in [9.17, 15) is 14.7 Å². The smallest absolute Gasteiger partial charge is 0.256 e. The van der Waals surface area contributed by atoms with Crippen LogP contribution < -0.4 is 5.56 Å². The van der Waals surface area contributed by atoms with Crippen LogP contribution in [0.3, 0.4) is 0 Å². The number of amides is 1. The first-order valence-electron chi connectivity index (χ1n) is 13.8. The summed E-state index contributed by atoms with van der Waals surface area (Å²) in [6, 6.07) is 24.2. The van der Waals surface area contributed by atoms with Crippen molar-refractivity contribution in [3.63, 3.8) is 0 Å². The van der Waals surface area contributed by atoms with Crippen LogP contribution in [-0.4, -0.2) is 32.4 Å². The number of hydrogen-bond acceptors (Lipinski definition) is 5. The first-order valence-corrected chi connectivity index (χ1v) is 15.5. The van der Waals surface area contributed by atoms with Crippen molar-refractivity contribution in [2.45, 2.75) is 43.7 Å². The molecule has 3 heterocycles. The molecule has 1 saturated carbocycles. The third-order valence-corrected chi connectivity index (χ3v) is 9.87. The number of fused-ring (bicyclic) bond motifs is 2. The largest absolute Gasteiger partial charge is 0.378 e. The number of aromatic nitrogens is 2. The van der Waals surface area contributed by atoms with Crippen LogP contribution >= 0.6 is 27.3 Å². The number of nitrogens with one attached hydrogen (secondary N) is 1. The molecule has 1 fully saturated rings. The van der Waals surface area contributed by atoms with Gasteiger partial charge in [0.25, 0.3) is 11.5 Å². The molecule has 2 aliphatic rings. The van der Waals surface area contributed by atoms with Crippen molar-refractivity contribution in [3.05, 3.63) is 121 Å². The monoisotopic (exact) mass is 625 g/mol. The molecule has 206 valence electrons. The van der Waals surface area contributed by atoms with Crippen LogP contribution in [0.4, 0.5) is 0 Å². The van der Waals surface area contributed by atoms with Crippen LogP contribution in [0.15, 0.2) is 87.4 Å². The molecule has 1 atom stereocenters. The van der Waals surface area contributed by atoms with Crippen LogP contribution in [0.25, 0.3) is 21.2 Å². The van der Waals surface area contributed by atoms with E-state index in [0.29, 0.717) is 36.3 Å². The molecule has 41 heavy (non-hydrogen) atoms. The number of rotatable bonds is 5. The Labute approximate surface area is 249 Å². The highest BCUT2D eigenvalue weighted by Gasteiger charge is 2.49. The SMILES string of the molecule is O=C([C@H](O)c1cccc(Br)c1)N1CCCc2nc(C3(c4cccc(-c5csc6ccccc56)c4)CC3)[nH]c(=O)c2C1. The summed E-state index contributed by atoms with van der Waals surface area (Å²) in [5.74, 6) is 0.304. The number of hydrogen-bond donors (Lipinski definition) is 2. The maximum absolute atomic E-state index is 13.5. The zero-order chi connectivity index (χ0) is 28.1. The highest BCUT2D eigenvalue weighted by Crippen LogP contribution is 2.53. The quantitative estimate of drug-likeness (QED) is 0.233. The van der Waals surface area contributed by atoms with Crippen molar-refractivity contribution >= 4 is 43.3 Å². The lowest BCUT2D eigenvalue weighted by molar-refractivity contribution is -0.141. The van der Waals surface area contributed by atoms with Gasteiger partial charge in [0.1, 0.15) is 5.82 Å². The summed E-state index contributed by atoms with van der Waals surface area (Å²) < 4.78 is 2.06. The average Bonchev–Trinajstić information content (AvgIpc) is 3.74. The summed E-state index contributed by atoms with van der Waals surface area (Å²) in [7, 11) is 0. The minimum absolute atomic E-state index is 0.134. The number of aliphatic hydroxyl groups excluding tert-OH is 1. The minimum atomic E-state index is -1.29. The molecular formula is C33H28BrN3O3S. The number of H-pyrrole nitrogens is 1. The van der Waals surface area contributed by atoms with Gasteiger partial charge in [-0.25, -0.2) is 4.98 Å². The second-order valence-electron chi connectivity index (χ2n) is 11.0. The Bertz CT molecular complexity index is 1860. The molecule has 0 bridgehead atoms. The molecule has 0 radical (unpaired) electrons. The Morgan fingerprint density at radius 2 is 1.90 bits per heavy atom. The fourth-order valence-corrected chi connectivity index (χ4v) is 7.39. The summed E-state index contributed by atoms with van der Waals surface area (Å²) in [5.41, 5.74) is 4.82. The Morgan fingerprint density at radius 1 is 1.07 bits per heavy atom. The Kier molecular flexibility index (Phi) is 6.64. The number of benzene rings is 3. The van der Waals surface area contributed by atoms with Gasteiger partial charge in [-0.05, 0) is 66.0 Å². The lowest BCUT2D eigenvalue weighted by Crippen LogP contribution is -2.36. The number of aliphatic hydroxyl groups is 1. The molecule has 0 unspecified atom stereocenters. The van der Waals surface area contributed by atoms with Gasteiger partial charge in [-0.1, -0.05) is 70.5 Å². The summed E-state index contributed by atoms with van der Waals surface area (Å²) in [5, 5.41) is 14.3. The van der Waals surface area contributed by atoms with E-state index >= 15 is 0 Å². The number of halogens is 1. The van der Waals surface area contributed by atoms with E-state index in [1.165, 1.54) is 21.2 Å². The lowest BCUT2D eigenvalue weighted by atomic mass is 9.91. The summed E-state index contributed by atoms with van der Waals surface area (Å²) in [6.07, 6.45) is 1.84. The fourth-order valence-electron chi connectivity index (χ4n) is 6.00. The van der Waals surface area contributed by atoms with Gasteiger partial charge in [0.05, 0.1) is 23.2 Å². The van der Waals surface area contributed by atoms with Gasteiger partial charge in [0.2, 0.25) is 0 Å². The molecule has 7 rings (SSSR count). The van der Waals surface area contributed by atoms with Crippen molar-refractivity contribution in [1.29, 1.82) is 0 Å². The molecule has 2 N–H and O–H groups in total. The van der Waals surface area contributed by atoms with Crippen LogP contribution in [0.2, 0.25) is 0 Å². The third kappa shape index (κ3) is 4.74. The fraction of sp³-hybridized carbons (Fsp3) is 0.242. The van der Waals surface area contributed by atoms with Crippen molar-refractivity contribution in [2.75, 3.05) is 6.54 Å². The van der Waals surface area contributed by atoms with Gasteiger partial charge in [-0.15, -0.1) is 11.3 Å². The number of carbonyl (C=O) groups is 1. The standard InChI is InChI=1S/C33H28BrN3O3S/c34-23-9-4-7-21(17-23)29(38)31(40)37-15-5-11-27-25(18-37)30(39)36-32(35-27)33(13-14-33)22-8-3-6-20(16-22)26-19-41-28-12-2-1-10-24(26)28/h1-4,6-10,12,16-17,19,29,38H,5,11,13-15,18H2,(H,35,36,39)/t29-/m1/s1. The number of aromatic amines is 1. The average molecular weight is 627 g/mol. The molecule has 0 spiro atoms. The molecule has 3 aromatic carbocycles. The molecule has 6 nitrogen and oxygen atoms in total. The van der Waals surface area contributed by atoms with Crippen LogP contribution in [-0.2, 0) is 23.2 Å². The third-order valence-electron chi connectivity index (χ3n) is 8.41. The molecule has 0 saturated heterocycles. The maximum Gasteiger partial charge on any atom is 0.256 e. The predicted molar refractivity (Wildman–Crippen MR) is 165 cm³/mol. The number of nitrogens with zero attached hydrogens (tertiary/aromatic N) is 2. The number of aryl methyl sites for hydroxylation is 1. The zero-order valence-corrected chi connectivity index (χ0v) is 24.7. The zero-order valence-electron chi connectivity index (χ0n) is 22.3. The number of thiophene rings is 1. The summed E-state index contributed by atoms with van der Waals surface area (Å²) in [4.78, 5) is 36.5. The van der Waals surface area contributed by atoms with Gasteiger partial charge in [-0.2, -0.15) is 0 Å². The van der Waals surface area contributed by atoms with E-state index in [4.69, 9.17) is 4.98 Å². The van der Waals surface area contributed by atoms with Gasteiger partial charge in [0, 0.05) is 26.7 Å². The van der Waals surface area contributed by atoms with E-state index < -0.39 is 12.0 Å². The Hall–Kier alpha value is -3.59. The van der Waals surface area contributed by atoms with Gasteiger partial charge in [-0.3, -0.25) is 9.59 Å². The Balaban J connectivity index is 1.19. The van der Waals surface area contributed by atoms with Crippen LogP contribution in [0, 0.1) is 0 Å². The van der Waals surface area contributed by atoms with Crippen LogP contribution in [0.1, 0.15) is 53.6 Å². The minimum Gasteiger partial charge on any atom is -0.378 e. The van der Waals surface area contributed by atoms with Crippen molar-refractivity contribution in [1.82, 2.24) is 14.9 Å². The second-order valence-corrected chi connectivity index (χ2v) is 12.8. The second kappa shape index (κ2) is 10.4. The molecule has 8 heteroatoms. The van der Waals surface area contributed by atoms with Crippen molar-refractivity contribution in [3.8, 4) is 11.1 Å². The van der Waals surface area contributed by atoms with Crippen LogP contribution in [0.5, 0.6) is 0 Å². The number of carbonyl (C=O) groups excluding carboxylic acids is 1. The molecule has 5 aromatic rings. The highest BCUT2D eigenvalue weighted by molar-refractivity contribution is 9.10. The van der Waals surface area contributed by atoms with Gasteiger partial charge < -0.3 is 15.0 Å². The highest BCUT2D eigenvalue weighted by atomic mass is 79.9. The molecule has 1 aliphatic carbocycles. The molecule has 1 aliphatic heterocycles. The van der Waals surface area contributed by atoms with E-state index in [-0.39, 0.29) is 17.5 Å². The molecule has 1 amide bonds. The molecular weight excluding hydrogens is 598 g/mol. The van der Waals surface area contributed by atoms with Crippen molar-refractivity contribution < 1.29 is 9.90 Å². The molecule has 2 aromatic heterocycles. The summed E-state index contributed by atoms with van der Waals surface area (Å²) in [6.45, 7) is 0.590. The maximum atomic E-state index is 13.5. The topological polar surface area (TPSA) is 86.3 Å². The van der Waals surface area contributed by atoms with Gasteiger partial charge in [0.15, 0.2) is 6.10 Å². The van der Waals surface area contributed by atoms with E-state index in [2.05, 4.69) is 74.8 Å². The predicted octanol–water partition coefficient (Wildman–Crippen LogP) is 6.50.